The predicted octanol–water partition coefficient (Wildman–Crippen LogP) is 4.45. The smallest absolute Gasteiger partial charge is 0.333 e. The number of nitrogens with one attached hydrogen (secondary N) is 2. The SMILES string of the molecule is CC[C@H](C/C=C(C)/C=C/[C@H]1O[C@H](CC(=O)N/N=C(\C)c2ccc(OCCCC(=O)ON3C(=O)CCC3=O)cc2)C[C@@]2(CO2)[C@@H]1O)O[C@H](C)[C@@H](CC)NC(=O)/C=C\[C@H](C)OC(C)=O. The summed E-state index contributed by atoms with van der Waals surface area (Å²) in [6.45, 7) is 13.2. The molecule has 1 aromatic carbocycles. The van der Waals surface area contributed by atoms with Crippen LogP contribution in [0.25, 0.3) is 0 Å². The molecule has 17 nitrogen and oxygen atoms in total. The molecule has 0 unspecified atom stereocenters. The number of carbonyl (C=O) groups excluding carboxylic acids is 6. The van der Waals surface area contributed by atoms with E-state index in [-0.39, 0.29) is 62.4 Å². The molecule has 3 heterocycles. The first-order chi connectivity index (χ1) is 29.5. The molecule has 340 valence electrons. The molecule has 8 atom stereocenters. The van der Waals surface area contributed by atoms with Gasteiger partial charge in [-0.1, -0.05) is 37.6 Å². The van der Waals surface area contributed by atoms with E-state index < -0.39 is 53.8 Å². The zero-order valence-electron chi connectivity index (χ0n) is 36.8. The van der Waals surface area contributed by atoms with Crippen LogP contribution in [0.3, 0.4) is 0 Å². The summed E-state index contributed by atoms with van der Waals surface area (Å²) >= 11 is 0. The van der Waals surface area contributed by atoms with Crippen LogP contribution in [0.1, 0.15) is 112 Å². The molecule has 1 spiro atoms. The second kappa shape index (κ2) is 23.8. The minimum absolute atomic E-state index is 0.00927. The molecular weight excluding hydrogens is 805 g/mol. The Kier molecular flexibility index (Phi) is 19.0. The van der Waals surface area contributed by atoms with Gasteiger partial charge in [0, 0.05) is 32.3 Å². The third-order valence-corrected chi connectivity index (χ3v) is 10.6. The topological polar surface area (TPSA) is 221 Å². The molecule has 0 aromatic heterocycles. The first-order valence-corrected chi connectivity index (χ1v) is 21.3. The maximum absolute atomic E-state index is 13.0. The molecule has 3 fully saturated rings. The van der Waals surface area contributed by atoms with E-state index in [0.717, 1.165) is 17.6 Å². The minimum Gasteiger partial charge on any atom is -0.494 e. The van der Waals surface area contributed by atoms with Crippen LogP contribution in [-0.2, 0) is 52.6 Å². The van der Waals surface area contributed by atoms with Gasteiger partial charge in [-0.3, -0.25) is 24.0 Å². The van der Waals surface area contributed by atoms with Crippen molar-refractivity contribution < 1.29 is 62.4 Å². The number of carbonyl (C=O) groups is 6. The van der Waals surface area contributed by atoms with E-state index in [1.807, 2.05) is 33.8 Å². The van der Waals surface area contributed by atoms with Gasteiger partial charge in [0.2, 0.25) is 11.8 Å². The van der Waals surface area contributed by atoms with Crippen LogP contribution < -0.4 is 15.5 Å². The van der Waals surface area contributed by atoms with Crippen LogP contribution in [0.2, 0.25) is 0 Å². The molecule has 62 heavy (non-hydrogen) atoms. The number of amides is 4. The molecule has 17 heteroatoms. The number of hydrogen-bond donors (Lipinski definition) is 3. The second-order valence-corrected chi connectivity index (χ2v) is 15.8. The number of ether oxygens (including phenoxy) is 5. The molecule has 3 aliphatic heterocycles. The molecule has 0 aliphatic carbocycles. The number of aliphatic hydroxyl groups excluding tert-OH is 1. The lowest BCUT2D eigenvalue weighted by Crippen LogP contribution is -2.50. The fourth-order valence-corrected chi connectivity index (χ4v) is 6.92. The lowest BCUT2D eigenvalue weighted by Gasteiger charge is -2.36. The molecule has 0 saturated carbocycles. The highest BCUT2D eigenvalue weighted by Gasteiger charge is 2.58. The maximum atomic E-state index is 13.0. The number of imide groups is 1. The number of hydroxylamine groups is 2. The standard InChI is InChI=1S/C45H62N4O13/c1-8-34(60-31(6)37(9-2)46-39(51)21-14-29(4)59-32(7)50)17-12-28(3)13-20-38-44(56)45(27-58-45)26-36(61-38)25-40(52)48-47-30(5)33-15-18-35(19-16-33)57-24-10-11-43(55)62-49-41(53)22-23-42(49)54/h12-16,18-21,29,31,34,36-38,44,56H,8-11,17,22-27H2,1-7H3,(H,46,51)(H,48,52)/b20-13+,21-14-,28-12+,47-30+/t29-,31+,34+,36+,37+,38+,44+,45+/m0/s1. The van der Waals surface area contributed by atoms with Gasteiger partial charge in [0.1, 0.15) is 29.7 Å². The largest absolute Gasteiger partial charge is 0.494 e. The summed E-state index contributed by atoms with van der Waals surface area (Å²) in [5.41, 5.74) is 4.07. The molecule has 0 bridgehead atoms. The van der Waals surface area contributed by atoms with Crippen molar-refractivity contribution in [2.24, 2.45) is 5.10 Å². The summed E-state index contributed by atoms with van der Waals surface area (Å²) in [5.74, 6) is -2.25. The Morgan fingerprint density at radius 2 is 1.73 bits per heavy atom. The van der Waals surface area contributed by atoms with Gasteiger partial charge in [-0.25, -0.2) is 10.2 Å². The van der Waals surface area contributed by atoms with Gasteiger partial charge in [-0.05, 0) is 89.3 Å². The van der Waals surface area contributed by atoms with Crippen LogP contribution >= 0.6 is 0 Å². The summed E-state index contributed by atoms with van der Waals surface area (Å²) in [6, 6.07) is 6.81. The van der Waals surface area contributed by atoms with E-state index in [1.54, 1.807) is 44.2 Å². The highest BCUT2D eigenvalue weighted by molar-refractivity contribution is 6.01. The number of allylic oxidation sites excluding steroid dienone is 2. The van der Waals surface area contributed by atoms with Crippen LogP contribution in [0.5, 0.6) is 5.75 Å². The zero-order chi connectivity index (χ0) is 45.4. The van der Waals surface area contributed by atoms with E-state index in [0.29, 0.717) is 48.8 Å². The van der Waals surface area contributed by atoms with Crippen molar-refractivity contribution in [2.45, 2.75) is 155 Å². The highest BCUT2D eigenvalue weighted by Crippen LogP contribution is 2.43. The maximum Gasteiger partial charge on any atom is 0.333 e. The number of esters is 1. The molecular formula is C45H62N4O13. The molecule has 4 rings (SSSR count). The fraction of sp³-hybridized carbons (Fsp3) is 0.578. The Morgan fingerprint density at radius 1 is 1.03 bits per heavy atom. The number of nitrogens with zero attached hydrogens (tertiary/aromatic N) is 2. The lowest BCUT2D eigenvalue weighted by atomic mass is 9.87. The van der Waals surface area contributed by atoms with Crippen LogP contribution in [0.4, 0.5) is 0 Å². The van der Waals surface area contributed by atoms with Crippen molar-refractivity contribution in [3.63, 3.8) is 0 Å². The molecule has 0 radical (unpaired) electrons. The van der Waals surface area contributed by atoms with E-state index in [1.165, 1.54) is 19.1 Å². The number of rotatable bonds is 23. The van der Waals surface area contributed by atoms with E-state index >= 15 is 0 Å². The first kappa shape index (κ1) is 49.4. The fourth-order valence-electron chi connectivity index (χ4n) is 6.92. The van der Waals surface area contributed by atoms with Crippen molar-refractivity contribution in [3.05, 3.63) is 65.8 Å². The average Bonchev–Trinajstić information content (AvgIpc) is 3.95. The van der Waals surface area contributed by atoms with Gasteiger partial charge in [-0.2, -0.15) is 5.10 Å². The Bertz CT molecular complexity index is 1840. The van der Waals surface area contributed by atoms with Crippen molar-refractivity contribution in [2.75, 3.05) is 13.2 Å². The van der Waals surface area contributed by atoms with Crippen molar-refractivity contribution >= 4 is 41.3 Å². The van der Waals surface area contributed by atoms with Gasteiger partial charge < -0.3 is 38.9 Å². The Morgan fingerprint density at radius 3 is 2.35 bits per heavy atom. The van der Waals surface area contributed by atoms with Crippen LogP contribution in [0, 0.1) is 0 Å². The Hall–Kier alpha value is -5.23. The zero-order valence-corrected chi connectivity index (χ0v) is 36.8. The van der Waals surface area contributed by atoms with E-state index in [2.05, 4.69) is 21.9 Å². The second-order valence-electron chi connectivity index (χ2n) is 15.8. The first-order valence-electron chi connectivity index (χ1n) is 21.3. The molecule has 3 aliphatic rings. The van der Waals surface area contributed by atoms with Crippen LogP contribution in [0.15, 0.2) is 65.3 Å². The number of epoxide rings is 1. The number of benzene rings is 1. The van der Waals surface area contributed by atoms with Crippen molar-refractivity contribution in [3.8, 4) is 5.75 Å². The molecule has 3 saturated heterocycles. The minimum atomic E-state index is -0.901. The third-order valence-electron chi connectivity index (χ3n) is 10.6. The van der Waals surface area contributed by atoms with Crippen LogP contribution in [-0.4, -0.2) is 113 Å². The summed E-state index contributed by atoms with van der Waals surface area (Å²) in [5, 5.41) is 18.9. The van der Waals surface area contributed by atoms with Gasteiger partial charge in [0.25, 0.3) is 11.8 Å². The predicted molar refractivity (Wildman–Crippen MR) is 226 cm³/mol. The number of hydrogen-bond acceptors (Lipinski definition) is 14. The van der Waals surface area contributed by atoms with Crippen molar-refractivity contribution in [1.29, 1.82) is 0 Å². The van der Waals surface area contributed by atoms with Gasteiger partial charge in [0.05, 0.1) is 56.1 Å². The van der Waals surface area contributed by atoms with E-state index in [4.69, 9.17) is 28.5 Å². The highest BCUT2D eigenvalue weighted by atomic mass is 16.7. The van der Waals surface area contributed by atoms with Gasteiger partial charge in [0.15, 0.2) is 0 Å². The normalized spacial score (nSPS) is 23.6. The summed E-state index contributed by atoms with van der Waals surface area (Å²) < 4.78 is 29.0. The van der Waals surface area contributed by atoms with Gasteiger partial charge >= 0.3 is 11.9 Å². The number of hydrazone groups is 1. The molecule has 1 aromatic rings. The third kappa shape index (κ3) is 15.6. The molecule has 3 N–H and O–H groups in total. The summed E-state index contributed by atoms with van der Waals surface area (Å²) in [7, 11) is 0. The monoisotopic (exact) mass is 866 g/mol. The quantitative estimate of drug-likeness (QED) is 0.0203. The average molecular weight is 867 g/mol. The Balaban J connectivity index is 1.21. The van der Waals surface area contributed by atoms with Crippen molar-refractivity contribution in [1.82, 2.24) is 15.8 Å². The van der Waals surface area contributed by atoms with E-state index in [9.17, 15) is 33.9 Å². The summed E-state index contributed by atoms with van der Waals surface area (Å²) in [6.07, 6.45) is 8.39. The number of aliphatic hydroxyl groups is 1. The molecule has 4 amide bonds. The van der Waals surface area contributed by atoms with Gasteiger partial charge in [-0.15, -0.1) is 5.06 Å². The lowest BCUT2D eigenvalue weighted by molar-refractivity contribution is -0.197. The Labute approximate surface area is 363 Å². The summed E-state index contributed by atoms with van der Waals surface area (Å²) in [4.78, 5) is 76.7.